The van der Waals surface area contributed by atoms with Crippen LogP contribution in [0.4, 0.5) is 19.3 Å². The minimum absolute atomic E-state index is 0.00671. The number of hydrogen-bond donors (Lipinski definition) is 2. The van der Waals surface area contributed by atoms with E-state index in [-0.39, 0.29) is 56.3 Å². The van der Waals surface area contributed by atoms with Gasteiger partial charge in [0.2, 0.25) is 0 Å². The number of ether oxygens (including phenoxy) is 2. The zero-order chi connectivity index (χ0) is 26.8. The lowest BCUT2D eigenvalue weighted by Crippen LogP contribution is -2.47. The number of cyclic esters (lactones) is 1. The van der Waals surface area contributed by atoms with Crippen LogP contribution in [0.25, 0.3) is 5.57 Å². The molecule has 3 aliphatic rings. The Morgan fingerprint density at radius 1 is 1.26 bits per heavy atom. The third-order valence-electron chi connectivity index (χ3n) is 6.91. The molecule has 0 aliphatic carbocycles. The van der Waals surface area contributed by atoms with Crippen molar-refractivity contribution in [1.29, 1.82) is 0 Å². The average molecular weight is 535 g/mol. The number of likely N-dealkylation sites (tertiary alicyclic amines) is 1. The molecule has 1 aromatic carbocycles. The molecule has 1 unspecified atom stereocenters. The van der Waals surface area contributed by atoms with Crippen LogP contribution in [0.3, 0.4) is 0 Å². The van der Waals surface area contributed by atoms with Crippen molar-refractivity contribution in [3.63, 3.8) is 0 Å². The lowest BCUT2D eigenvalue weighted by Gasteiger charge is -2.30. The van der Waals surface area contributed by atoms with Gasteiger partial charge in [-0.25, -0.2) is 13.6 Å². The summed E-state index contributed by atoms with van der Waals surface area (Å²) in [7, 11) is 0. The molecule has 0 bridgehead atoms. The van der Waals surface area contributed by atoms with Gasteiger partial charge in [-0.2, -0.15) is 0 Å². The van der Waals surface area contributed by atoms with Crippen LogP contribution in [0, 0.1) is 11.6 Å². The fourth-order valence-corrected chi connectivity index (χ4v) is 4.92. The van der Waals surface area contributed by atoms with Crippen molar-refractivity contribution < 1.29 is 42.6 Å². The maximum atomic E-state index is 15.1. The standard InChI is InChI=1S/C25H28F2N4O7/c26-18-10-16(31-12-17(38-25(31)35)14-36-21-5-9-37-28-21)11-19(27)23(18)15-3-7-29(8-4-15)24(34)20(32)13-30-6-1-2-22(30)33/h3,5,9-11,17,20,22,32-33H,1-2,4,6-8,12-14H2/t17-,20+,22?/m1/s1. The fourth-order valence-electron chi connectivity index (χ4n) is 4.92. The summed E-state index contributed by atoms with van der Waals surface area (Å²) >= 11 is 0. The molecule has 4 heterocycles. The van der Waals surface area contributed by atoms with E-state index in [4.69, 9.17) is 9.47 Å². The molecule has 3 aliphatic heterocycles. The topological polar surface area (TPSA) is 129 Å². The van der Waals surface area contributed by atoms with Gasteiger partial charge in [0.15, 0.2) is 6.10 Å². The van der Waals surface area contributed by atoms with E-state index in [2.05, 4.69) is 9.68 Å². The second kappa shape index (κ2) is 11.1. The zero-order valence-corrected chi connectivity index (χ0v) is 20.5. The second-order valence-electron chi connectivity index (χ2n) is 9.45. The maximum Gasteiger partial charge on any atom is 0.414 e. The quantitative estimate of drug-likeness (QED) is 0.520. The Labute approximate surface area is 216 Å². The first-order valence-corrected chi connectivity index (χ1v) is 12.4. The molecule has 0 spiro atoms. The van der Waals surface area contributed by atoms with Crippen LogP contribution < -0.4 is 9.64 Å². The Morgan fingerprint density at radius 2 is 2.05 bits per heavy atom. The molecule has 2 amide bonds. The predicted molar refractivity (Wildman–Crippen MR) is 128 cm³/mol. The molecule has 11 nitrogen and oxygen atoms in total. The third kappa shape index (κ3) is 5.49. The summed E-state index contributed by atoms with van der Waals surface area (Å²) in [6.45, 7) is 0.926. The van der Waals surface area contributed by atoms with Gasteiger partial charge in [-0.05, 0) is 42.1 Å². The van der Waals surface area contributed by atoms with Crippen molar-refractivity contribution in [3.8, 4) is 5.88 Å². The zero-order valence-electron chi connectivity index (χ0n) is 20.5. The highest BCUT2D eigenvalue weighted by atomic mass is 19.1. The first-order valence-electron chi connectivity index (χ1n) is 12.4. The van der Waals surface area contributed by atoms with Gasteiger partial charge < -0.3 is 29.1 Å². The van der Waals surface area contributed by atoms with Crippen LogP contribution in [0.1, 0.15) is 24.8 Å². The molecular weight excluding hydrogens is 506 g/mol. The molecule has 5 rings (SSSR count). The van der Waals surface area contributed by atoms with E-state index in [1.165, 1.54) is 17.2 Å². The predicted octanol–water partition coefficient (Wildman–Crippen LogP) is 1.75. The number of nitrogens with zero attached hydrogens (tertiary/aromatic N) is 4. The molecule has 2 aromatic rings. The summed E-state index contributed by atoms with van der Waals surface area (Å²) in [6.07, 6.45) is 1.09. The van der Waals surface area contributed by atoms with Crippen molar-refractivity contribution in [1.82, 2.24) is 15.0 Å². The molecular formula is C25H28F2N4O7. The summed E-state index contributed by atoms with van der Waals surface area (Å²) in [5.41, 5.74) is 0.182. The van der Waals surface area contributed by atoms with E-state index in [1.54, 1.807) is 11.0 Å². The minimum Gasteiger partial charge on any atom is -0.471 e. The number of aliphatic hydroxyl groups excluding tert-OH is 2. The molecule has 2 fully saturated rings. The van der Waals surface area contributed by atoms with Gasteiger partial charge in [0, 0.05) is 37.8 Å². The second-order valence-corrected chi connectivity index (χ2v) is 9.45. The number of anilines is 1. The molecule has 2 N–H and O–H groups in total. The van der Waals surface area contributed by atoms with E-state index >= 15 is 8.78 Å². The number of carbonyl (C=O) groups is 2. The highest BCUT2D eigenvalue weighted by Gasteiger charge is 2.35. The Kier molecular flexibility index (Phi) is 7.58. The van der Waals surface area contributed by atoms with E-state index in [1.807, 2.05) is 0 Å². The molecule has 3 atom stereocenters. The van der Waals surface area contributed by atoms with E-state index in [9.17, 15) is 19.8 Å². The Morgan fingerprint density at radius 3 is 2.68 bits per heavy atom. The van der Waals surface area contributed by atoms with Crippen molar-refractivity contribution in [2.45, 2.75) is 37.7 Å². The minimum atomic E-state index is -1.30. The first kappa shape index (κ1) is 26.1. The monoisotopic (exact) mass is 534 g/mol. The van der Waals surface area contributed by atoms with Gasteiger partial charge >= 0.3 is 6.09 Å². The van der Waals surface area contributed by atoms with Crippen LogP contribution in [0.5, 0.6) is 5.88 Å². The molecule has 1 aromatic heterocycles. The molecule has 38 heavy (non-hydrogen) atoms. The van der Waals surface area contributed by atoms with Crippen LogP contribution in [-0.2, 0) is 9.53 Å². The highest BCUT2D eigenvalue weighted by molar-refractivity contribution is 5.90. The highest BCUT2D eigenvalue weighted by Crippen LogP contribution is 2.32. The van der Waals surface area contributed by atoms with Gasteiger partial charge in [0.25, 0.3) is 11.8 Å². The molecule has 13 heteroatoms. The van der Waals surface area contributed by atoms with Crippen molar-refractivity contribution in [2.24, 2.45) is 0 Å². The average Bonchev–Trinajstić information content (AvgIpc) is 3.64. The van der Waals surface area contributed by atoms with Crippen molar-refractivity contribution in [2.75, 3.05) is 44.2 Å². The van der Waals surface area contributed by atoms with Gasteiger partial charge in [0.05, 0.1) is 12.2 Å². The number of carbonyl (C=O) groups excluding carboxylic acids is 2. The lowest BCUT2D eigenvalue weighted by molar-refractivity contribution is -0.141. The number of aromatic nitrogens is 1. The lowest BCUT2D eigenvalue weighted by atomic mass is 9.97. The number of amides is 2. The van der Waals surface area contributed by atoms with E-state index in [0.717, 1.165) is 23.5 Å². The number of halogens is 2. The summed E-state index contributed by atoms with van der Waals surface area (Å²) in [5.74, 6) is -1.96. The number of rotatable bonds is 8. The first-order chi connectivity index (χ1) is 18.3. The van der Waals surface area contributed by atoms with Gasteiger partial charge in [-0.15, -0.1) is 0 Å². The molecule has 2 saturated heterocycles. The van der Waals surface area contributed by atoms with Crippen LogP contribution in [0.2, 0.25) is 0 Å². The number of aliphatic hydroxyl groups is 2. The molecule has 0 radical (unpaired) electrons. The molecule has 204 valence electrons. The van der Waals surface area contributed by atoms with E-state index < -0.39 is 42.1 Å². The summed E-state index contributed by atoms with van der Waals surface area (Å²) in [5, 5.41) is 23.8. The third-order valence-corrected chi connectivity index (χ3v) is 6.91. The Bertz CT molecular complexity index is 1190. The van der Waals surface area contributed by atoms with Gasteiger partial charge in [-0.1, -0.05) is 6.08 Å². The Hall–Kier alpha value is -3.55. The van der Waals surface area contributed by atoms with Crippen molar-refractivity contribution in [3.05, 3.63) is 47.7 Å². The van der Waals surface area contributed by atoms with Crippen LogP contribution in [-0.4, -0.2) is 94.9 Å². The van der Waals surface area contributed by atoms with E-state index in [0.29, 0.717) is 18.5 Å². The summed E-state index contributed by atoms with van der Waals surface area (Å²) < 4.78 is 45.5. The Balaban J connectivity index is 1.21. The van der Waals surface area contributed by atoms with Crippen LogP contribution >= 0.6 is 0 Å². The fraction of sp³-hybridized carbons (Fsp3) is 0.480. The number of hydrogen-bond acceptors (Lipinski definition) is 9. The largest absolute Gasteiger partial charge is 0.471 e. The van der Waals surface area contributed by atoms with Crippen molar-refractivity contribution >= 4 is 23.3 Å². The SMILES string of the molecule is O=C([C@@H](O)CN1CCCC1O)N1CC=C(c2c(F)cc(N3C[C@H](COc4ccon4)OC3=O)cc2F)CC1. The maximum absolute atomic E-state index is 15.1. The smallest absolute Gasteiger partial charge is 0.414 e. The summed E-state index contributed by atoms with van der Waals surface area (Å²) in [4.78, 5) is 29.2. The molecule has 0 saturated carbocycles. The summed E-state index contributed by atoms with van der Waals surface area (Å²) in [6, 6.07) is 3.64. The normalized spacial score (nSPS) is 22.9. The van der Waals surface area contributed by atoms with Crippen LogP contribution in [0.15, 0.2) is 35.1 Å². The number of β-amino-alcohol motifs (C(OH)–C–C–N with tert-alkyl or cyclic N) is 1. The van der Waals surface area contributed by atoms with Gasteiger partial charge in [0.1, 0.15) is 36.8 Å². The van der Waals surface area contributed by atoms with Gasteiger partial charge in [-0.3, -0.25) is 14.6 Å². The number of benzene rings is 1.